The summed E-state index contributed by atoms with van der Waals surface area (Å²) in [6, 6.07) is 8.43. The number of anilines is 1. The minimum absolute atomic E-state index is 0.189. The van der Waals surface area contributed by atoms with E-state index in [2.05, 4.69) is 10.0 Å². The van der Waals surface area contributed by atoms with Gasteiger partial charge in [-0.1, -0.05) is 12.8 Å². The summed E-state index contributed by atoms with van der Waals surface area (Å²) in [5.74, 6) is -2.57. The topological polar surface area (TPSA) is 75.3 Å². The molecular weight excluding hydrogens is 362 g/mol. The Morgan fingerprint density at radius 1 is 0.962 bits per heavy atom. The van der Waals surface area contributed by atoms with E-state index in [0.29, 0.717) is 11.6 Å². The molecule has 0 aromatic heterocycles. The molecule has 1 aliphatic carbocycles. The van der Waals surface area contributed by atoms with E-state index in [0.717, 1.165) is 37.8 Å². The Morgan fingerprint density at radius 3 is 2.23 bits per heavy atom. The maximum Gasteiger partial charge on any atom is 0.261 e. The first-order chi connectivity index (χ1) is 12.3. The van der Waals surface area contributed by atoms with E-state index >= 15 is 0 Å². The van der Waals surface area contributed by atoms with Gasteiger partial charge in [0.25, 0.3) is 15.9 Å². The molecule has 2 aromatic carbocycles. The van der Waals surface area contributed by atoms with Gasteiger partial charge in [0.15, 0.2) is 11.6 Å². The van der Waals surface area contributed by atoms with Gasteiger partial charge < -0.3 is 5.32 Å². The second-order valence-electron chi connectivity index (χ2n) is 6.21. The number of halogens is 2. The van der Waals surface area contributed by atoms with Crippen molar-refractivity contribution in [3.05, 3.63) is 59.7 Å². The molecule has 3 rings (SSSR count). The average molecular weight is 380 g/mol. The fourth-order valence-electron chi connectivity index (χ4n) is 2.89. The van der Waals surface area contributed by atoms with Crippen molar-refractivity contribution in [1.82, 2.24) is 5.32 Å². The summed E-state index contributed by atoms with van der Waals surface area (Å²) < 4.78 is 52.9. The van der Waals surface area contributed by atoms with E-state index in [-0.39, 0.29) is 22.5 Å². The molecule has 2 N–H and O–H groups in total. The van der Waals surface area contributed by atoms with Crippen LogP contribution in [0.3, 0.4) is 0 Å². The number of rotatable bonds is 5. The van der Waals surface area contributed by atoms with Crippen molar-refractivity contribution < 1.29 is 22.0 Å². The first-order valence-electron chi connectivity index (χ1n) is 8.24. The zero-order valence-electron chi connectivity index (χ0n) is 13.8. The quantitative estimate of drug-likeness (QED) is 0.834. The van der Waals surface area contributed by atoms with Crippen molar-refractivity contribution in [1.29, 1.82) is 0 Å². The van der Waals surface area contributed by atoms with Gasteiger partial charge in [0.05, 0.1) is 4.90 Å². The normalized spacial score (nSPS) is 15.0. The highest BCUT2D eigenvalue weighted by molar-refractivity contribution is 7.92. The van der Waals surface area contributed by atoms with E-state index < -0.39 is 21.7 Å². The Labute approximate surface area is 150 Å². The number of sulfonamides is 1. The first kappa shape index (κ1) is 18.3. The second-order valence-corrected chi connectivity index (χ2v) is 7.90. The van der Waals surface area contributed by atoms with E-state index in [1.165, 1.54) is 24.3 Å². The summed E-state index contributed by atoms with van der Waals surface area (Å²) in [5.41, 5.74) is 0.639. The lowest BCUT2D eigenvalue weighted by atomic mass is 10.1. The smallest absolute Gasteiger partial charge is 0.261 e. The van der Waals surface area contributed by atoms with Crippen LogP contribution < -0.4 is 10.0 Å². The third-order valence-electron chi connectivity index (χ3n) is 4.29. The Morgan fingerprint density at radius 2 is 1.62 bits per heavy atom. The number of hydrogen-bond acceptors (Lipinski definition) is 3. The zero-order chi connectivity index (χ0) is 18.7. The van der Waals surface area contributed by atoms with Gasteiger partial charge in [-0.25, -0.2) is 17.2 Å². The van der Waals surface area contributed by atoms with E-state index in [1.54, 1.807) is 0 Å². The van der Waals surface area contributed by atoms with Gasteiger partial charge in [0.1, 0.15) is 0 Å². The first-order valence-corrected chi connectivity index (χ1v) is 9.72. The molecule has 0 bridgehead atoms. The van der Waals surface area contributed by atoms with Crippen LogP contribution in [0.5, 0.6) is 0 Å². The van der Waals surface area contributed by atoms with Crippen LogP contribution in [0.15, 0.2) is 47.4 Å². The van der Waals surface area contributed by atoms with Crippen LogP contribution in [0.4, 0.5) is 14.5 Å². The van der Waals surface area contributed by atoms with Crippen molar-refractivity contribution >= 4 is 21.6 Å². The van der Waals surface area contributed by atoms with E-state index in [1.807, 2.05) is 0 Å². The standard InChI is InChI=1S/C18H18F2N2O3S/c19-16-10-9-15(11-17(16)20)26(24,25)22-14-7-5-12(6-8-14)18(23)21-13-3-1-2-4-13/h5-11,13,22H,1-4H2,(H,21,23). The number of amides is 1. The highest BCUT2D eigenvalue weighted by atomic mass is 32.2. The summed E-state index contributed by atoms with van der Waals surface area (Å²) in [4.78, 5) is 11.8. The predicted molar refractivity (Wildman–Crippen MR) is 93.3 cm³/mol. The second kappa shape index (κ2) is 7.41. The van der Waals surface area contributed by atoms with Crippen LogP contribution in [-0.4, -0.2) is 20.4 Å². The van der Waals surface area contributed by atoms with Gasteiger partial charge >= 0.3 is 0 Å². The molecule has 2 aromatic rings. The predicted octanol–water partition coefficient (Wildman–Crippen LogP) is 3.44. The molecular formula is C18H18F2N2O3S. The van der Waals surface area contributed by atoms with Crippen LogP contribution in [-0.2, 0) is 10.0 Å². The fourth-order valence-corrected chi connectivity index (χ4v) is 3.96. The fraction of sp³-hybridized carbons (Fsp3) is 0.278. The third-order valence-corrected chi connectivity index (χ3v) is 5.67. The van der Waals surface area contributed by atoms with Crippen molar-refractivity contribution in [3.8, 4) is 0 Å². The molecule has 8 heteroatoms. The molecule has 1 fully saturated rings. The van der Waals surface area contributed by atoms with Gasteiger partial charge in [0.2, 0.25) is 0 Å². The number of hydrogen-bond donors (Lipinski definition) is 2. The monoisotopic (exact) mass is 380 g/mol. The SMILES string of the molecule is O=C(NC1CCCC1)c1ccc(NS(=O)(=O)c2ccc(F)c(F)c2)cc1. The van der Waals surface area contributed by atoms with Gasteiger partial charge in [-0.2, -0.15) is 0 Å². The molecule has 1 saturated carbocycles. The van der Waals surface area contributed by atoms with Crippen LogP contribution >= 0.6 is 0 Å². The Hall–Kier alpha value is -2.48. The van der Waals surface area contributed by atoms with Gasteiger partial charge in [0, 0.05) is 17.3 Å². The van der Waals surface area contributed by atoms with Gasteiger partial charge in [-0.3, -0.25) is 9.52 Å². The lowest BCUT2D eigenvalue weighted by Crippen LogP contribution is -2.32. The number of carbonyl (C=O) groups is 1. The molecule has 0 radical (unpaired) electrons. The number of nitrogens with one attached hydrogen (secondary N) is 2. The lowest BCUT2D eigenvalue weighted by Gasteiger charge is -2.12. The maximum absolute atomic E-state index is 13.2. The molecule has 0 aliphatic heterocycles. The summed E-state index contributed by atoms with van der Waals surface area (Å²) in [5, 5.41) is 2.95. The summed E-state index contributed by atoms with van der Waals surface area (Å²) in [6.07, 6.45) is 4.15. The molecule has 0 unspecified atom stereocenters. The summed E-state index contributed by atoms with van der Waals surface area (Å²) in [6.45, 7) is 0. The molecule has 1 amide bonds. The Balaban J connectivity index is 1.69. The molecule has 0 spiro atoms. The number of benzene rings is 2. The minimum Gasteiger partial charge on any atom is -0.349 e. The Bertz CT molecular complexity index is 909. The molecule has 5 nitrogen and oxygen atoms in total. The molecule has 1 aliphatic rings. The lowest BCUT2D eigenvalue weighted by molar-refractivity contribution is 0.0938. The molecule has 0 atom stereocenters. The van der Waals surface area contributed by atoms with Crippen molar-refractivity contribution in [2.45, 2.75) is 36.6 Å². The van der Waals surface area contributed by atoms with Crippen molar-refractivity contribution in [3.63, 3.8) is 0 Å². The Kier molecular flexibility index (Phi) is 5.22. The largest absolute Gasteiger partial charge is 0.349 e. The van der Waals surface area contributed by atoms with Crippen LogP contribution in [0, 0.1) is 11.6 Å². The summed E-state index contributed by atoms with van der Waals surface area (Å²) >= 11 is 0. The highest BCUT2D eigenvalue weighted by Gasteiger charge is 2.19. The van der Waals surface area contributed by atoms with Gasteiger partial charge in [-0.05, 0) is 55.3 Å². The number of carbonyl (C=O) groups excluding carboxylic acids is 1. The minimum atomic E-state index is -4.06. The van der Waals surface area contributed by atoms with Crippen LogP contribution in [0.25, 0.3) is 0 Å². The summed E-state index contributed by atoms with van der Waals surface area (Å²) in [7, 11) is -4.06. The van der Waals surface area contributed by atoms with Crippen molar-refractivity contribution in [2.75, 3.05) is 4.72 Å². The average Bonchev–Trinajstić information content (AvgIpc) is 3.10. The molecule has 0 saturated heterocycles. The van der Waals surface area contributed by atoms with Crippen molar-refractivity contribution in [2.24, 2.45) is 0 Å². The molecule has 26 heavy (non-hydrogen) atoms. The van der Waals surface area contributed by atoms with E-state index in [4.69, 9.17) is 0 Å². The van der Waals surface area contributed by atoms with Gasteiger partial charge in [-0.15, -0.1) is 0 Å². The molecule has 138 valence electrons. The molecule has 0 heterocycles. The van der Waals surface area contributed by atoms with Crippen LogP contribution in [0.1, 0.15) is 36.0 Å². The third kappa shape index (κ3) is 4.19. The highest BCUT2D eigenvalue weighted by Crippen LogP contribution is 2.20. The van der Waals surface area contributed by atoms with Crippen LogP contribution in [0.2, 0.25) is 0 Å². The van der Waals surface area contributed by atoms with E-state index in [9.17, 15) is 22.0 Å². The zero-order valence-corrected chi connectivity index (χ0v) is 14.7. The maximum atomic E-state index is 13.2.